The maximum atomic E-state index is 11.9. The van der Waals surface area contributed by atoms with Gasteiger partial charge in [-0.3, -0.25) is 9.36 Å². The fourth-order valence-electron chi connectivity index (χ4n) is 2.06. The van der Waals surface area contributed by atoms with Gasteiger partial charge in [0.1, 0.15) is 11.1 Å². The summed E-state index contributed by atoms with van der Waals surface area (Å²) in [5, 5.41) is 2.27. The zero-order valence-electron chi connectivity index (χ0n) is 13.9. The van der Waals surface area contributed by atoms with Crippen LogP contribution in [0.1, 0.15) is 17.3 Å². The normalized spacial score (nSPS) is 10.9. The van der Waals surface area contributed by atoms with Crippen LogP contribution in [0.5, 0.6) is 5.75 Å². The number of esters is 1. The van der Waals surface area contributed by atoms with E-state index in [4.69, 9.17) is 9.47 Å². The average molecular weight is 379 g/mol. The fraction of sp³-hybridized carbons (Fsp3) is 0.176. The van der Waals surface area contributed by atoms with E-state index in [0.717, 1.165) is 0 Å². The van der Waals surface area contributed by atoms with Crippen LogP contribution >= 0.6 is 7.60 Å². The van der Waals surface area contributed by atoms with Crippen molar-refractivity contribution in [3.63, 3.8) is 0 Å². The van der Waals surface area contributed by atoms with E-state index in [1.165, 1.54) is 42.5 Å². The summed E-state index contributed by atoms with van der Waals surface area (Å²) in [5.74, 6) is -1.04. The van der Waals surface area contributed by atoms with E-state index >= 15 is 0 Å². The van der Waals surface area contributed by atoms with Crippen molar-refractivity contribution in [2.75, 3.05) is 18.5 Å². The van der Waals surface area contributed by atoms with Crippen LogP contribution in [0.3, 0.4) is 0 Å². The molecule has 0 aromatic heterocycles. The Morgan fingerprint density at radius 2 is 1.73 bits per heavy atom. The predicted molar refractivity (Wildman–Crippen MR) is 94.6 cm³/mol. The molecule has 0 heterocycles. The standard InChI is InChI=1S/C17H18NO7P/c1-2-24-17(20)12-7-9-13(10-8-12)18-16(19)11-25-14-5-3-4-6-15(14)26(21,22)23/h3-10H,2,11H2,1H3,(H,18,19)(H2,21,22,23). The number of para-hydroxylation sites is 1. The third kappa shape index (κ3) is 5.42. The van der Waals surface area contributed by atoms with Crippen molar-refractivity contribution >= 4 is 30.5 Å². The molecular formula is C17H18NO7P. The molecule has 0 fully saturated rings. The van der Waals surface area contributed by atoms with Gasteiger partial charge in [-0.05, 0) is 43.3 Å². The van der Waals surface area contributed by atoms with Gasteiger partial charge in [0.05, 0.1) is 12.2 Å². The molecule has 0 saturated carbocycles. The first kappa shape index (κ1) is 19.7. The topological polar surface area (TPSA) is 122 Å². The highest BCUT2D eigenvalue weighted by Gasteiger charge is 2.22. The van der Waals surface area contributed by atoms with Crippen LogP contribution in [0, 0.1) is 0 Å². The second-order valence-corrected chi connectivity index (χ2v) is 6.72. The molecule has 0 aliphatic rings. The van der Waals surface area contributed by atoms with Crippen LogP contribution in [0.25, 0.3) is 0 Å². The first-order valence-corrected chi connectivity index (χ1v) is 9.27. The molecule has 138 valence electrons. The number of hydrogen-bond acceptors (Lipinski definition) is 5. The molecule has 2 aromatic carbocycles. The zero-order valence-corrected chi connectivity index (χ0v) is 14.8. The minimum atomic E-state index is -4.50. The monoisotopic (exact) mass is 379 g/mol. The lowest BCUT2D eigenvalue weighted by atomic mass is 10.2. The van der Waals surface area contributed by atoms with E-state index in [0.29, 0.717) is 11.3 Å². The lowest BCUT2D eigenvalue weighted by Gasteiger charge is -2.12. The Labute approximate surface area is 149 Å². The predicted octanol–water partition coefficient (Wildman–Crippen LogP) is 1.68. The first-order valence-electron chi connectivity index (χ1n) is 7.66. The number of hydrogen-bond donors (Lipinski definition) is 3. The Bertz CT molecular complexity index is 829. The summed E-state index contributed by atoms with van der Waals surface area (Å²) in [6, 6.07) is 11.7. The Kier molecular flexibility index (Phi) is 6.52. The summed E-state index contributed by atoms with van der Waals surface area (Å²) >= 11 is 0. The van der Waals surface area contributed by atoms with Crippen LogP contribution in [0.2, 0.25) is 0 Å². The summed E-state index contributed by atoms with van der Waals surface area (Å²) in [6.07, 6.45) is 0. The molecule has 1 amide bonds. The lowest BCUT2D eigenvalue weighted by molar-refractivity contribution is -0.118. The summed E-state index contributed by atoms with van der Waals surface area (Å²) in [5.41, 5.74) is 0.798. The second-order valence-electron chi connectivity index (χ2n) is 5.15. The highest BCUT2D eigenvalue weighted by atomic mass is 31.2. The summed E-state index contributed by atoms with van der Waals surface area (Å²) < 4.78 is 21.5. The number of rotatable bonds is 7. The highest BCUT2D eigenvalue weighted by molar-refractivity contribution is 7.60. The van der Waals surface area contributed by atoms with E-state index in [1.54, 1.807) is 13.0 Å². The molecule has 9 heteroatoms. The zero-order chi connectivity index (χ0) is 19.2. The second kappa shape index (κ2) is 8.62. The van der Waals surface area contributed by atoms with E-state index in [2.05, 4.69) is 5.32 Å². The summed E-state index contributed by atoms with van der Waals surface area (Å²) in [7, 11) is -4.50. The molecule has 0 aliphatic heterocycles. The number of carbonyl (C=O) groups excluding carboxylic acids is 2. The van der Waals surface area contributed by atoms with Crippen molar-refractivity contribution in [1.82, 2.24) is 0 Å². The van der Waals surface area contributed by atoms with Gasteiger partial charge < -0.3 is 24.6 Å². The van der Waals surface area contributed by atoms with E-state index in [9.17, 15) is 23.9 Å². The summed E-state index contributed by atoms with van der Waals surface area (Å²) in [4.78, 5) is 42.0. The van der Waals surface area contributed by atoms with Crippen LogP contribution < -0.4 is 15.4 Å². The molecule has 2 rings (SSSR count). The van der Waals surface area contributed by atoms with Gasteiger partial charge in [-0.15, -0.1) is 0 Å². The highest BCUT2D eigenvalue weighted by Crippen LogP contribution is 2.37. The van der Waals surface area contributed by atoms with E-state index in [1.807, 2.05) is 0 Å². The Hall–Kier alpha value is -2.67. The van der Waals surface area contributed by atoms with E-state index < -0.39 is 26.1 Å². The molecule has 2 aromatic rings. The van der Waals surface area contributed by atoms with Crippen molar-refractivity contribution < 1.29 is 33.4 Å². The molecule has 3 N–H and O–H groups in total. The number of ether oxygens (including phenoxy) is 2. The van der Waals surface area contributed by atoms with Crippen LogP contribution in [-0.4, -0.2) is 34.9 Å². The maximum absolute atomic E-state index is 11.9. The molecule has 0 bridgehead atoms. The lowest BCUT2D eigenvalue weighted by Crippen LogP contribution is -2.22. The van der Waals surface area contributed by atoms with Gasteiger partial charge in [0.25, 0.3) is 5.91 Å². The van der Waals surface area contributed by atoms with Gasteiger partial charge in [-0.1, -0.05) is 12.1 Å². The van der Waals surface area contributed by atoms with Gasteiger partial charge in [0.2, 0.25) is 0 Å². The fourth-order valence-corrected chi connectivity index (χ4v) is 2.77. The molecule has 8 nitrogen and oxygen atoms in total. The SMILES string of the molecule is CCOC(=O)c1ccc(NC(=O)COc2ccccc2P(=O)(O)O)cc1. The van der Waals surface area contributed by atoms with Crippen LogP contribution in [0.15, 0.2) is 48.5 Å². The van der Waals surface area contributed by atoms with Gasteiger partial charge in [0.15, 0.2) is 6.61 Å². The molecule has 0 saturated heterocycles. The van der Waals surface area contributed by atoms with Gasteiger partial charge >= 0.3 is 13.6 Å². The molecule has 0 aliphatic carbocycles. The van der Waals surface area contributed by atoms with Crippen molar-refractivity contribution in [1.29, 1.82) is 0 Å². The Morgan fingerprint density at radius 1 is 1.08 bits per heavy atom. The van der Waals surface area contributed by atoms with E-state index in [-0.39, 0.29) is 17.7 Å². The molecule has 0 unspecified atom stereocenters. The third-order valence-corrected chi connectivity index (χ3v) is 4.21. The van der Waals surface area contributed by atoms with Gasteiger partial charge in [-0.25, -0.2) is 4.79 Å². The van der Waals surface area contributed by atoms with Crippen molar-refractivity contribution in [2.45, 2.75) is 6.92 Å². The number of nitrogens with one attached hydrogen (secondary N) is 1. The number of anilines is 1. The Morgan fingerprint density at radius 3 is 2.35 bits per heavy atom. The summed E-state index contributed by atoms with van der Waals surface area (Å²) in [6.45, 7) is 1.54. The molecule has 26 heavy (non-hydrogen) atoms. The third-order valence-electron chi connectivity index (χ3n) is 3.22. The van der Waals surface area contributed by atoms with Crippen LogP contribution in [0.4, 0.5) is 5.69 Å². The molecular weight excluding hydrogens is 361 g/mol. The quantitative estimate of drug-likeness (QED) is 0.494. The molecule has 0 atom stereocenters. The minimum Gasteiger partial charge on any atom is -0.483 e. The smallest absolute Gasteiger partial charge is 0.359 e. The van der Waals surface area contributed by atoms with Gasteiger partial charge in [0, 0.05) is 5.69 Å². The van der Waals surface area contributed by atoms with Gasteiger partial charge in [-0.2, -0.15) is 0 Å². The van der Waals surface area contributed by atoms with Crippen molar-refractivity contribution in [3.8, 4) is 5.75 Å². The number of benzene rings is 2. The minimum absolute atomic E-state index is 0.0614. The average Bonchev–Trinajstić information content (AvgIpc) is 2.60. The largest absolute Gasteiger partial charge is 0.483 e. The number of amides is 1. The van der Waals surface area contributed by atoms with Crippen molar-refractivity contribution in [2.24, 2.45) is 0 Å². The first-order chi connectivity index (χ1) is 12.3. The molecule has 0 radical (unpaired) electrons. The maximum Gasteiger partial charge on any atom is 0.359 e. The van der Waals surface area contributed by atoms with Crippen molar-refractivity contribution in [3.05, 3.63) is 54.1 Å². The Balaban J connectivity index is 1.96. The number of carbonyl (C=O) groups is 2. The van der Waals surface area contributed by atoms with Crippen LogP contribution in [-0.2, 0) is 14.1 Å². The molecule has 0 spiro atoms.